The highest BCUT2D eigenvalue weighted by molar-refractivity contribution is 5.70. The molecule has 1 unspecified atom stereocenters. The van der Waals surface area contributed by atoms with E-state index in [-0.39, 0.29) is 18.2 Å². The number of rotatable bonds is 5. The summed E-state index contributed by atoms with van der Waals surface area (Å²) in [6.45, 7) is 5.67. The first-order valence-electron chi connectivity index (χ1n) is 7.87. The van der Waals surface area contributed by atoms with Crippen molar-refractivity contribution >= 4 is 12.4 Å². The van der Waals surface area contributed by atoms with Crippen LogP contribution in [0.4, 0.5) is 4.79 Å². The molecule has 1 amide bonds. The molecule has 0 N–H and O–H groups in total. The van der Waals surface area contributed by atoms with Crippen molar-refractivity contribution in [2.45, 2.75) is 83.4 Å². The van der Waals surface area contributed by atoms with Crippen molar-refractivity contribution < 1.29 is 14.3 Å². The maximum Gasteiger partial charge on any atom is 0.410 e. The van der Waals surface area contributed by atoms with Gasteiger partial charge in [0.05, 0.1) is 0 Å². The van der Waals surface area contributed by atoms with E-state index in [0.29, 0.717) is 12.3 Å². The highest BCUT2D eigenvalue weighted by atomic mass is 16.6. The van der Waals surface area contributed by atoms with Gasteiger partial charge in [-0.25, -0.2) is 4.79 Å². The lowest BCUT2D eigenvalue weighted by Gasteiger charge is -2.36. The van der Waals surface area contributed by atoms with E-state index in [4.69, 9.17) is 4.74 Å². The first-order valence-corrected chi connectivity index (χ1v) is 7.87. The van der Waals surface area contributed by atoms with Crippen molar-refractivity contribution in [2.75, 3.05) is 0 Å². The van der Waals surface area contributed by atoms with Crippen LogP contribution in [0.2, 0.25) is 0 Å². The molecule has 2 fully saturated rings. The molecule has 20 heavy (non-hydrogen) atoms. The molecule has 2 rings (SSSR count). The van der Waals surface area contributed by atoms with Crippen molar-refractivity contribution in [1.82, 2.24) is 4.90 Å². The zero-order valence-corrected chi connectivity index (χ0v) is 12.9. The average Bonchev–Trinajstić information content (AvgIpc) is 3.01. The molecule has 0 aromatic carbocycles. The Morgan fingerprint density at radius 3 is 2.30 bits per heavy atom. The Bertz CT molecular complexity index is 351. The topological polar surface area (TPSA) is 46.6 Å². The van der Waals surface area contributed by atoms with Gasteiger partial charge in [-0.2, -0.15) is 0 Å². The van der Waals surface area contributed by atoms with Crippen LogP contribution in [0.15, 0.2) is 0 Å². The van der Waals surface area contributed by atoms with Gasteiger partial charge in [-0.1, -0.05) is 12.8 Å². The minimum Gasteiger partial charge on any atom is -0.444 e. The van der Waals surface area contributed by atoms with Crippen LogP contribution in [0, 0.1) is 5.92 Å². The third-order valence-electron chi connectivity index (χ3n) is 4.18. The molecule has 2 saturated carbocycles. The number of carbonyl (C=O) groups excluding carboxylic acids is 2. The summed E-state index contributed by atoms with van der Waals surface area (Å²) in [6, 6.07) is 0.327. The summed E-state index contributed by atoms with van der Waals surface area (Å²) >= 11 is 0. The minimum absolute atomic E-state index is 0.0392. The maximum absolute atomic E-state index is 12.5. The Labute approximate surface area is 121 Å². The van der Waals surface area contributed by atoms with Crippen LogP contribution in [0.3, 0.4) is 0 Å². The highest BCUT2D eigenvalue weighted by Gasteiger charge is 2.42. The number of carbonyl (C=O) groups is 2. The molecule has 2 aliphatic carbocycles. The minimum atomic E-state index is -0.481. The van der Waals surface area contributed by atoms with Crippen molar-refractivity contribution in [3.8, 4) is 0 Å². The Hall–Kier alpha value is -1.06. The number of amides is 1. The molecule has 0 radical (unpaired) electrons. The van der Waals surface area contributed by atoms with Gasteiger partial charge in [0.25, 0.3) is 0 Å². The van der Waals surface area contributed by atoms with Gasteiger partial charge in [-0.05, 0) is 52.4 Å². The van der Waals surface area contributed by atoms with E-state index in [1.54, 1.807) is 0 Å². The van der Waals surface area contributed by atoms with Gasteiger partial charge in [0.2, 0.25) is 0 Å². The van der Waals surface area contributed by atoms with Gasteiger partial charge in [0, 0.05) is 18.5 Å². The number of hydrogen-bond donors (Lipinski definition) is 0. The summed E-state index contributed by atoms with van der Waals surface area (Å²) in [6.07, 6.45) is 7.94. The molecule has 0 saturated heterocycles. The molecule has 1 atom stereocenters. The fourth-order valence-electron chi connectivity index (χ4n) is 3.20. The van der Waals surface area contributed by atoms with Crippen molar-refractivity contribution in [1.29, 1.82) is 0 Å². The number of hydrogen-bond acceptors (Lipinski definition) is 3. The summed E-state index contributed by atoms with van der Waals surface area (Å²) in [7, 11) is 0. The molecular weight excluding hydrogens is 254 g/mol. The van der Waals surface area contributed by atoms with Gasteiger partial charge in [0.1, 0.15) is 11.9 Å². The fraction of sp³-hybridized carbons (Fsp3) is 0.875. The van der Waals surface area contributed by atoms with E-state index in [0.717, 1.165) is 32.0 Å². The number of ether oxygens (including phenoxy) is 1. The van der Waals surface area contributed by atoms with E-state index in [2.05, 4.69) is 0 Å². The third-order valence-corrected chi connectivity index (χ3v) is 4.18. The first-order chi connectivity index (χ1) is 9.42. The van der Waals surface area contributed by atoms with Crippen LogP contribution in [-0.2, 0) is 9.53 Å². The van der Waals surface area contributed by atoms with E-state index in [1.807, 2.05) is 25.7 Å². The molecular formula is C16H27NO3. The van der Waals surface area contributed by atoms with E-state index in [1.165, 1.54) is 12.8 Å². The lowest BCUT2D eigenvalue weighted by atomic mass is 9.94. The second kappa shape index (κ2) is 6.15. The van der Waals surface area contributed by atoms with Crippen molar-refractivity contribution in [3.63, 3.8) is 0 Å². The lowest BCUT2D eigenvalue weighted by Crippen LogP contribution is -2.47. The van der Waals surface area contributed by atoms with Gasteiger partial charge in [-0.3, -0.25) is 0 Å². The summed E-state index contributed by atoms with van der Waals surface area (Å²) in [5.41, 5.74) is -0.481. The third kappa shape index (κ3) is 3.97. The molecule has 0 bridgehead atoms. The van der Waals surface area contributed by atoms with Gasteiger partial charge in [0.15, 0.2) is 0 Å². The van der Waals surface area contributed by atoms with Crippen LogP contribution >= 0.6 is 0 Å². The molecule has 2 aliphatic rings. The molecule has 4 heteroatoms. The maximum atomic E-state index is 12.5. The number of nitrogens with zero attached hydrogens (tertiary/aromatic N) is 1. The van der Waals surface area contributed by atoms with E-state index < -0.39 is 5.60 Å². The fourth-order valence-corrected chi connectivity index (χ4v) is 3.20. The summed E-state index contributed by atoms with van der Waals surface area (Å²) in [4.78, 5) is 25.4. The van der Waals surface area contributed by atoms with Crippen molar-refractivity contribution in [3.05, 3.63) is 0 Å². The standard InChI is InChI=1S/C16H27NO3/c1-16(2,3)20-15(19)17(13-8-9-13)14(10-11-18)12-6-4-5-7-12/h11-14H,4-10H2,1-3H3. The quantitative estimate of drug-likeness (QED) is 0.724. The SMILES string of the molecule is CC(C)(C)OC(=O)N(C1CC1)C(CC=O)C1CCCC1. The average molecular weight is 281 g/mol. The lowest BCUT2D eigenvalue weighted by molar-refractivity contribution is -0.109. The smallest absolute Gasteiger partial charge is 0.410 e. The molecule has 0 aromatic rings. The van der Waals surface area contributed by atoms with E-state index in [9.17, 15) is 9.59 Å². The van der Waals surface area contributed by atoms with Crippen LogP contribution in [0.25, 0.3) is 0 Å². The van der Waals surface area contributed by atoms with Crippen LogP contribution in [-0.4, -0.2) is 35.0 Å². The van der Waals surface area contributed by atoms with Gasteiger partial charge >= 0.3 is 6.09 Å². The summed E-state index contributed by atoms with van der Waals surface area (Å²) < 4.78 is 5.56. The molecule has 0 aliphatic heterocycles. The predicted octanol–water partition coefficient (Wildman–Crippen LogP) is 3.53. The first kappa shape index (κ1) is 15.3. The molecule has 4 nitrogen and oxygen atoms in total. The Balaban J connectivity index is 2.11. The highest BCUT2D eigenvalue weighted by Crippen LogP contribution is 2.38. The van der Waals surface area contributed by atoms with E-state index >= 15 is 0 Å². The number of aldehydes is 1. The van der Waals surface area contributed by atoms with Gasteiger partial charge < -0.3 is 14.4 Å². The zero-order valence-electron chi connectivity index (χ0n) is 12.9. The van der Waals surface area contributed by atoms with Gasteiger partial charge in [-0.15, -0.1) is 0 Å². The van der Waals surface area contributed by atoms with Crippen LogP contribution in [0.1, 0.15) is 65.7 Å². The van der Waals surface area contributed by atoms with Crippen LogP contribution in [0.5, 0.6) is 0 Å². The second-order valence-electron chi connectivity index (χ2n) is 7.13. The second-order valence-corrected chi connectivity index (χ2v) is 7.13. The molecule has 0 spiro atoms. The zero-order chi connectivity index (χ0) is 14.8. The van der Waals surface area contributed by atoms with Crippen LogP contribution < -0.4 is 0 Å². The Kier molecular flexibility index (Phi) is 4.71. The molecule has 0 heterocycles. The molecule has 0 aromatic heterocycles. The normalized spacial score (nSPS) is 21.6. The monoisotopic (exact) mass is 281 g/mol. The Morgan fingerprint density at radius 1 is 1.25 bits per heavy atom. The summed E-state index contributed by atoms with van der Waals surface area (Å²) in [5.74, 6) is 0.466. The predicted molar refractivity (Wildman–Crippen MR) is 77.5 cm³/mol. The molecule has 114 valence electrons. The Morgan fingerprint density at radius 2 is 1.85 bits per heavy atom. The van der Waals surface area contributed by atoms with Crippen molar-refractivity contribution in [2.24, 2.45) is 5.92 Å². The largest absolute Gasteiger partial charge is 0.444 e. The summed E-state index contributed by atoms with van der Waals surface area (Å²) in [5, 5.41) is 0.